The van der Waals surface area contributed by atoms with Crippen LogP contribution in [0.15, 0.2) is 12.1 Å². The van der Waals surface area contributed by atoms with E-state index >= 15 is 0 Å². The maximum Gasteiger partial charge on any atom is 0.342 e. The quantitative estimate of drug-likeness (QED) is 0.590. The molecule has 30 heavy (non-hydrogen) atoms. The highest BCUT2D eigenvalue weighted by Gasteiger charge is 2.35. The summed E-state index contributed by atoms with van der Waals surface area (Å²) in [6.45, 7) is 8.28. The van der Waals surface area contributed by atoms with E-state index < -0.39 is 17.6 Å². The molecule has 0 spiro atoms. The molecule has 1 fully saturated rings. The molecule has 0 radical (unpaired) electrons. The number of rotatable bonds is 8. The van der Waals surface area contributed by atoms with E-state index in [0.717, 1.165) is 19.4 Å². The Hall–Kier alpha value is -2.48. The van der Waals surface area contributed by atoms with E-state index in [1.807, 2.05) is 32.6 Å². The van der Waals surface area contributed by atoms with Crippen LogP contribution in [0.25, 0.3) is 0 Å². The monoisotopic (exact) mass is 423 g/mol. The van der Waals surface area contributed by atoms with Crippen molar-refractivity contribution in [3.8, 4) is 17.2 Å². The Bertz CT molecular complexity index is 757. The second-order valence-electron chi connectivity index (χ2n) is 8.22. The van der Waals surface area contributed by atoms with E-state index in [4.69, 9.17) is 23.7 Å². The van der Waals surface area contributed by atoms with Crippen molar-refractivity contribution in [2.24, 2.45) is 0 Å². The first kappa shape index (κ1) is 23.8. The highest BCUT2D eigenvalue weighted by molar-refractivity contribution is 5.94. The van der Waals surface area contributed by atoms with Crippen LogP contribution in [-0.2, 0) is 14.3 Å². The van der Waals surface area contributed by atoms with Crippen molar-refractivity contribution in [3.05, 3.63) is 17.7 Å². The summed E-state index contributed by atoms with van der Waals surface area (Å²) in [5, 5.41) is 0. The van der Waals surface area contributed by atoms with Crippen molar-refractivity contribution >= 4 is 11.9 Å². The second kappa shape index (κ2) is 10.0. The number of nitrogens with zero attached hydrogens (tertiary/aromatic N) is 1. The summed E-state index contributed by atoms with van der Waals surface area (Å²) in [4.78, 5) is 27.2. The van der Waals surface area contributed by atoms with Crippen LogP contribution in [-0.4, -0.2) is 69.0 Å². The second-order valence-corrected chi connectivity index (χ2v) is 8.22. The Labute approximate surface area is 178 Å². The maximum absolute atomic E-state index is 12.7. The molecule has 1 aromatic carbocycles. The lowest BCUT2D eigenvalue weighted by Crippen LogP contribution is -2.46. The molecule has 0 amide bonds. The van der Waals surface area contributed by atoms with Gasteiger partial charge in [0.05, 0.1) is 21.3 Å². The molecule has 168 valence electrons. The summed E-state index contributed by atoms with van der Waals surface area (Å²) in [5.41, 5.74) is -0.295. The van der Waals surface area contributed by atoms with Crippen LogP contribution in [0.4, 0.5) is 0 Å². The lowest BCUT2D eigenvalue weighted by molar-refractivity contribution is -0.161. The number of carbonyl (C=O) groups excluding carboxylic acids is 2. The maximum atomic E-state index is 12.7. The fourth-order valence-electron chi connectivity index (χ4n) is 3.58. The molecule has 2 rings (SSSR count). The summed E-state index contributed by atoms with van der Waals surface area (Å²) in [6.07, 6.45) is 1.76. The van der Waals surface area contributed by atoms with Crippen LogP contribution < -0.4 is 14.2 Å². The van der Waals surface area contributed by atoms with Crippen LogP contribution in [0.1, 0.15) is 50.9 Å². The normalized spacial score (nSPS) is 17.9. The number of likely N-dealkylation sites (tertiary alicyclic amines) is 1. The topological polar surface area (TPSA) is 83.5 Å². The highest BCUT2D eigenvalue weighted by atomic mass is 16.6. The van der Waals surface area contributed by atoms with Crippen LogP contribution in [0.3, 0.4) is 0 Å². The lowest BCUT2D eigenvalue weighted by Gasteiger charge is -2.31. The van der Waals surface area contributed by atoms with E-state index in [1.165, 1.54) is 21.3 Å². The van der Waals surface area contributed by atoms with Gasteiger partial charge in [0.2, 0.25) is 5.75 Å². The minimum absolute atomic E-state index is 0.0531. The van der Waals surface area contributed by atoms with Crippen LogP contribution in [0.5, 0.6) is 17.2 Å². The molecule has 8 nitrogen and oxygen atoms in total. The van der Waals surface area contributed by atoms with Crippen molar-refractivity contribution in [2.75, 3.05) is 34.5 Å². The third kappa shape index (κ3) is 5.56. The summed E-state index contributed by atoms with van der Waals surface area (Å²) in [5.74, 6) is 0.244. The van der Waals surface area contributed by atoms with E-state index in [2.05, 4.69) is 0 Å². The standard InChI is InChI=1S/C22H33NO7/c1-14(20(24)30-22(2,3)4)23-12-8-9-15(23)13-29-21(25)16-10-11-17(26-5)19(28-7)18(16)27-6/h10-11,14-15H,8-9,12-13H2,1-7H3/t14-,15-/m1/s1. The number of esters is 2. The SMILES string of the molecule is COc1ccc(C(=O)OC[C@H]2CCCN2[C@H](C)C(=O)OC(C)(C)C)c(OC)c1OC. The summed E-state index contributed by atoms with van der Waals surface area (Å²) in [6, 6.07) is 2.75. The Kier molecular flexibility index (Phi) is 7.95. The fourth-order valence-corrected chi connectivity index (χ4v) is 3.58. The zero-order valence-corrected chi connectivity index (χ0v) is 18.9. The van der Waals surface area contributed by atoms with Gasteiger partial charge in [0.25, 0.3) is 0 Å². The molecule has 1 aromatic rings. The van der Waals surface area contributed by atoms with Crippen molar-refractivity contribution in [2.45, 2.75) is 58.2 Å². The highest BCUT2D eigenvalue weighted by Crippen LogP contribution is 2.40. The van der Waals surface area contributed by atoms with Crippen molar-refractivity contribution in [1.82, 2.24) is 4.90 Å². The minimum atomic E-state index is -0.545. The largest absolute Gasteiger partial charge is 0.493 e. The Morgan fingerprint density at radius 1 is 1.10 bits per heavy atom. The smallest absolute Gasteiger partial charge is 0.342 e. The molecule has 1 aliphatic rings. The van der Waals surface area contributed by atoms with E-state index in [9.17, 15) is 9.59 Å². The van der Waals surface area contributed by atoms with Gasteiger partial charge in [0.15, 0.2) is 11.5 Å². The first-order valence-corrected chi connectivity index (χ1v) is 10.1. The van der Waals surface area contributed by atoms with Gasteiger partial charge < -0.3 is 23.7 Å². The molecule has 0 bridgehead atoms. The number of ether oxygens (including phenoxy) is 5. The van der Waals surface area contributed by atoms with Crippen molar-refractivity contribution in [3.63, 3.8) is 0 Å². The van der Waals surface area contributed by atoms with Gasteiger partial charge in [-0.05, 0) is 59.2 Å². The van der Waals surface area contributed by atoms with Crippen LogP contribution in [0.2, 0.25) is 0 Å². The van der Waals surface area contributed by atoms with Gasteiger partial charge in [-0.25, -0.2) is 4.79 Å². The zero-order chi connectivity index (χ0) is 22.5. The molecule has 0 aromatic heterocycles. The summed E-state index contributed by atoms with van der Waals surface area (Å²) >= 11 is 0. The molecule has 1 saturated heterocycles. The van der Waals surface area contributed by atoms with Crippen molar-refractivity contribution < 1.29 is 33.3 Å². The van der Waals surface area contributed by atoms with Gasteiger partial charge >= 0.3 is 11.9 Å². The molecule has 1 heterocycles. The van der Waals surface area contributed by atoms with E-state index in [1.54, 1.807) is 12.1 Å². The van der Waals surface area contributed by atoms with E-state index in [0.29, 0.717) is 11.5 Å². The molecule has 0 saturated carbocycles. The Balaban J connectivity index is 2.07. The Morgan fingerprint density at radius 3 is 2.33 bits per heavy atom. The minimum Gasteiger partial charge on any atom is -0.493 e. The predicted octanol–water partition coefficient (Wildman–Crippen LogP) is 3.06. The molecule has 8 heteroatoms. The van der Waals surface area contributed by atoms with Gasteiger partial charge in [-0.1, -0.05) is 0 Å². The van der Waals surface area contributed by atoms with Gasteiger partial charge in [0.1, 0.15) is 23.8 Å². The average Bonchev–Trinajstić information content (AvgIpc) is 3.17. The first-order valence-electron chi connectivity index (χ1n) is 10.1. The molecule has 0 N–H and O–H groups in total. The number of benzene rings is 1. The summed E-state index contributed by atoms with van der Waals surface area (Å²) < 4.78 is 27.0. The molecule has 0 aliphatic carbocycles. The predicted molar refractivity (Wildman–Crippen MR) is 111 cm³/mol. The number of hydrogen-bond donors (Lipinski definition) is 0. The lowest BCUT2D eigenvalue weighted by atomic mass is 10.1. The van der Waals surface area contributed by atoms with Gasteiger partial charge in [0, 0.05) is 6.04 Å². The third-order valence-corrected chi connectivity index (χ3v) is 5.00. The number of carbonyl (C=O) groups is 2. The third-order valence-electron chi connectivity index (χ3n) is 5.00. The van der Waals surface area contributed by atoms with Crippen LogP contribution in [0, 0.1) is 0 Å². The average molecular weight is 424 g/mol. The number of hydrogen-bond acceptors (Lipinski definition) is 8. The zero-order valence-electron chi connectivity index (χ0n) is 18.9. The molecular formula is C22H33NO7. The molecule has 1 aliphatic heterocycles. The number of methoxy groups -OCH3 is 3. The van der Waals surface area contributed by atoms with E-state index in [-0.39, 0.29) is 29.9 Å². The van der Waals surface area contributed by atoms with Gasteiger partial charge in [-0.3, -0.25) is 9.69 Å². The Morgan fingerprint density at radius 2 is 1.77 bits per heavy atom. The van der Waals surface area contributed by atoms with Crippen molar-refractivity contribution in [1.29, 1.82) is 0 Å². The van der Waals surface area contributed by atoms with Gasteiger partial charge in [-0.15, -0.1) is 0 Å². The molecular weight excluding hydrogens is 390 g/mol. The molecule has 2 atom stereocenters. The van der Waals surface area contributed by atoms with Gasteiger partial charge in [-0.2, -0.15) is 0 Å². The first-order chi connectivity index (χ1) is 14.1. The molecule has 0 unspecified atom stereocenters. The summed E-state index contributed by atoms with van der Waals surface area (Å²) in [7, 11) is 4.44. The van der Waals surface area contributed by atoms with Crippen LogP contribution >= 0.6 is 0 Å². The fraction of sp³-hybridized carbons (Fsp3) is 0.636.